The van der Waals surface area contributed by atoms with Crippen LogP contribution in [0.15, 0.2) is 0 Å². The van der Waals surface area contributed by atoms with E-state index in [4.69, 9.17) is 0 Å². The van der Waals surface area contributed by atoms with Gasteiger partial charge in [-0.3, -0.25) is 0 Å². The Morgan fingerprint density at radius 2 is 2.12 bits per heavy atom. The minimum atomic E-state index is -0.976. The molecule has 0 heterocycles. The lowest BCUT2D eigenvalue weighted by Crippen LogP contribution is -2.27. The van der Waals surface area contributed by atoms with E-state index >= 15 is 0 Å². The lowest BCUT2D eigenvalue weighted by atomic mass is 9.93. The minimum absolute atomic E-state index is 0.404. The third-order valence-electron chi connectivity index (χ3n) is 3.11. The molecule has 0 aromatic rings. The molecule has 0 bridgehead atoms. The Kier molecular flexibility index (Phi) is 4.04. The van der Waals surface area contributed by atoms with Gasteiger partial charge in [-0.2, -0.15) is 0 Å². The number of rotatable bonds is 2. The first-order chi connectivity index (χ1) is 7.22. The third-order valence-corrected chi connectivity index (χ3v) is 3.11. The van der Waals surface area contributed by atoms with Gasteiger partial charge in [0, 0.05) is 0 Å². The van der Waals surface area contributed by atoms with Gasteiger partial charge in [0.2, 0.25) is 0 Å². The molecule has 1 saturated carbocycles. The highest BCUT2D eigenvalue weighted by atomic mass is 16.3. The van der Waals surface area contributed by atoms with Gasteiger partial charge in [-0.05, 0) is 44.4 Å². The van der Waals surface area contributed by atoms with E-state index in [0.29, 0.717) is 18.3 Å². The predicted octanol–water partition coefficient (Wildman–Crippen LogP) is 2.34. The monoisotopic (exact) mass is 224 g/mol. The second-order valence-electron chi connectivity index (χ2n) is 6.00. The zero-order chi connectivity index (χ0) is 12.4. The molecule has 0 saturated heterocycles. The van der Waals surface area contributed by atoms with Crippen molar-refractivity contribution in [2.24, 2.45) is 11.8 Å². The molecule has 1 rings (SSSR count). The molecule has 0 spiro atoms. The molecule has 1 aliphatic rings. The van der Waals surface area contributed by atoms with Crippen molar-refractivity contribution < 1.29 is 10.2 Å². The summed E-state index contributed by atoms with van der Waals surface area (Å²) in [6.07, 6.45) is 3.14. The van der Waals surface area contributed by atoms with Crippen LogP contribution in [0.4, 0.5) is 0 Å². The Morgan fingerprint density at radius 3 is 2.56 bits per heavy atom. The molecular weight excluding hydrogens is 200 g/mol. The molecule has 2 nitrogen and oxygen atoms in total. The Morgan fingerprint density at radius 1 is 1.50 bits per heavy atom. The topological polar surface area (TPSA) is 40.5 Å². The summed E-state index contributed by atoms with van der Waals surface area (Å²) in [7, 11) is 0. The van der Waals surface area contributed by atoms with Crippen LogP contribution < -0.4 is 0 Å². The SMILES string of the molecule is CC(C)CC(C)(O)C#CC1(O)CCC(C)C1. The van der Waals surface area contributed by atoms with Crippen molar-refractivity contribution in [2.45, 2.75) is 64.6 Å². The van der Waals surface area contributed by atoms with Crippen molar-refractivity contribution in [3.05, 3.63) is 0 Å². The average molecular weight is 224 g/mol. The van der Waals surface area contributed by atoms with E-state index in [0.717, 1.165) is 19.3 Å². The van der Waals surface area contributed by atoms with Crippen LogP contribution in [0.2, 0.25) is 0 Å². The fraction of sp³-hybridized carbons (Fsp3) is 0.857. The molecular formula is C14H24O2. The Labute approximate surface area is 99.1 Å². The van der Waals surface area contributed by atoms with Gasteiger partial charge >= 0.3 is 0 Å². The van der Waals surface area contributed by atoms with Crippen molar-refractivity contribution in [1.82, 2.24) is 0 Å². The normalized spacial score (nSPS) is 33.3. The first-order valence-corrected chi connectivity index (χ1v) is 6.21. The summed E-state index contributed by atoms with van der Waals surface area (Å²) in [5.74, 6) is 6.68. The van der Waals surface area contributed by atoms with E-state index in [2.05, 4.69) is 32.6 Å². The zero-order valence-electron chi connectivity index (χ0n) is 10.9. The van der Waals surface area contributed by atoms with E-state index < -0.39 is 11.2 Å². The van der Waals surface area contributed by atoms with Crippen molar-refractivity contribution in [1.29, 1.82) is 0 Å². The third kappa shape index (κ3) is 4.15. The molecule has 1 fully saturated rings. The minimum Gasteiger partial charge on any atom is -0.378 e. The second-order valence-corrected chi connectivity index (χ2v) is 6.00. The maximum absolute atomic E-state index is 10.2. The molecule has 16 heavy (non-hydrogen) atoms. The summed E-state index contributed by atoms with van der Waals surface area (Å²) >= 11 is 0. The van der Waals surface area contributed by atoms with Gasteiger partial charge in [-0.1, -0.05) is 32.6 Å². The number of hydrogen-bond acceptors (Lipinski definition) is 2. The number of aliphatic hydroxyl groups is 2. The molecule has 2 heteroatoms. The van der Waals surface area contributed by atoms with Gasteiger partial charge in [-0.25, -0.2) is 0 Å². The smallest absolute Gasteiger partial charge is 0.125 e. The molecule has 0 radical (unpaired) electrons. The van der Waals surface area contributed by atoms with Crippen LogP contribution >= 0.6 is 0 Å². The van der Waals surface area contributed by atoms with E-state index in [-0.39, 0.29) is 0 Å². The van der Waals surface area contributed by atoms with Gasteiger partial charge in [-0.15, -0.1) is 0 Å². The molecule has 3 atom stereocenters. The molecule has 0 aromatic heterocycles. The van der Waals surface area contributed by atoms with Gasteiger partial charge in [0.15, 0.2) is 0 Å². The molecule has 0 aliphatic heterocycles. The van der Waals surface area contributed by atoms with Crippen LogP contribution in [0.1, 0.15) is 53.4 Å². The Hall–Kier alpha value is -0.520. The molecule has 3 unspecified atom stereocenters. The van der Waals surface area contributed by atoms with Crippen LogP contribution in [-0.4, -0.2) is 21.4 Å². The summed E-state index contributed by atoms with van der Waals surface area (Å²) in [6.45, 7) is 7.97. The highest BCUT2D eigenvalue weighted by Crippen LogP contribution is 2.33. The molecule has 0 aromatic carbocycles. The molecule has 0 amide bonds. The standard InChI is InChI=1S/C14H24O2/c1-11(2)9-13(4,15)7-8-14(16)6-5-12(3)10-14/h11-12,15-16H,5-6,9-10H2,1-4H3. The van der Waals surface area contributed by atoms with Crippen molar-refractivity contribution in [3.8, 4) is 11.8 Å². The Balaban J connectivity index is 2.66. The van der Waals surface area contributed by atoms with Crippen LogP contribution in [-0.2, 0) is 0 Å². The van der Waals surface area contributed by atoms with Gasteiger partial charge < -0.3 is 10.2 Å². The second kappa shape index (κ2) is 4.77. The first kappa shape index (κ1) is 13.5. The Bertz CT molecular complexity index is 296. The van der Waals surface area contributed by atoms with Crippen molar-refractivity contribution >= 4 is 0 Å². The highest BCUT2D eigenvalue weighted by molar-refractivity contribution is 5.21. The lowest BCUT2D eigenvalue weighted by Gasteiger charge is -2.20. The van der Waals surface area contributed by atoms with Crippen LogP contribution in [0.5, 0.6) is 0 Å². The van der Waals surface area contributed by atoms with Gasteiger partial charge in [0.05, 0.1) is 0 Å². The fourth-order valence-electron chi connectivity index (χ4n) is 2.48. The summed E-state index contributed by atoms with van der Waals surface area (Å²) in [4.78, 5) is 0. The number of hydrogen-bond donors (Lipinski definition) is 2. The van der Waals surface area contributed by atoms with E-state index in [1.807, 2.05) is 0 Å². The van der Waals surface area contributed by atoms with Crippen molar-refractivity contribution in [3.63, 3.8) is 0 Å². The van der Waals surface area contributed by atoms with Crippen molar-refractivity contribution in [2.75, 3.05) is 0 Å². The molecule has 92 valence electrons. The average Bonchev–Trinajstić information content (AvgIpc) is 2.42. The summed E-state index contributed by atoms with van der Waals surface area (Å²) < 4.78 is 0. The quantitative estimate of drug-likeness (QED) is 0.707. The summed E-state index contributed by atoms with van der Waals surface area (Å²) in [6, 6.07) is 0. The van der Waals surface area contributed by atoms with E-state index in [9.17, 15) is 10.2 Å². The largest absolute Gasteiger partial charge is 0.378 e. The predicted molar refractivity (Wildman–Crippen MR) is 65.8 cm³/mol. The zero-order valence-corrected chi connectivity index (χ0v) is 10.9. The van der Waals surface area contributed by atoms with Crippen LogP contribution in [0.25, 0.3) is 0 Å². The maximum Gasteiger partial charge on any atom is 0.125 e. The van der Waals surface area contributed by atoms with Crippen LogP contribution in [0.3, 0.4) is 0 Å². The van der Waals surface area contributed by atoms with Crippen LogP contribution in [0, 0.1) is 23.7 Å². The summed E-state index contributed by atoms with van der Waals surface area (Å²) in [5, 5.41) is 20.2. The molecule has 1 aliphatic carbocycles. The highest BCUT2D eigenvalue weighted by Gasteiger charge is 2.34. The van der Waals surface area contributed by atoms with Gasteiger partial charge in [0.25, 0.3) is 0 Å². The van der Waals surface area contributed by atoms with E-state index in [1.54, 1.807) is 6.92 Å². The molecule has 2 N–H and O–H groups in total. The lowest BCUT2D eigenvalue weighted by molar-refractivity contribution is 0.0891. The maximum atomic E-state index is 10.2. The fourth-order valence-corrected chi connectivity index (χ4v) is 2.48. The van der Waals surface area contributed by atoms with Gasteiger partial charge in [0.1, 0.15) is 11.2 Å². The summed E-state index contributed by atoms with van der Waals surface area (Å²) in [5.41, 5.74) is -1.84. The van der Waals surface area contributed by atoms with E-state index in [1.165, 1.54) is 0 Å². The first-order valence-electron chi connectivity index (χ1n) is 6.21.